The summed E-state index contributed by atoms with van der Waals surface area (Å²) >= 11 is 1.23. The van der Waals surface area contributed by atoms with Crippen molar-refractivity contribution >= 4 is 23.7 Å². The van der Waals surface area contributed by atoms with Gasteiger partial charge in [0, 0.05) is 4.75 Å². The van der Waals surface area contributed by atoms with Crippen molar-refractivity contribution in [2.24, 2.45) is 5.92 Å². The molecule has 0 saturated carbocycles. The van der Waals surface area contributed by atoms with Crippen LogP contribution >= 0.6 is 11.8 Å². The van der Waals surface area contributed by atoms with Crippen molar-refractivity contribution < 1.29 is 24.9 Å². The summed E-state index contributed by atoms with van der Waals surface area (Å²) in [4.78, 5) is 22.4. The lowest BCUT2D eigenvalue weighted by molar-refractivity contribution is -0.151. The minimum absolute atomic E-state index is 0.630. The number of aliphatic carboxylic acids is 2. The Hall–Kier alpha value is -0.790. The van der Waals surface area contributed by atoms with Crippen LogP contribution in [0.2, 0.25) is 0 Å². The second-order valence-corrected chi connectivity index (χ2v) is 7.35. The second kappa shape index (κ2) is 4.71. The highest BCUT2D eigenvalue weighted by molar-refractivity contribution is 8.01. The number of hydrogen-bond donors (Lipinski definition) is 4. The third kappa shape index (κ3) is 2.96. The van der Waals surface area contributed by atoms with E-state index in [0.717, 1.165) is 0 Å². The largest absolute Gasteiger partial charge is 0.481 e. The number of nitrogens with one attached hydrogen (secondary N) is 1. The zero-order valence-electron chi connectivity index (χ0n) is 10.8. The van der Waals surface area contributed by atoms with Gasteiger partial charge in [0.05, 0.1) is 11.0 Å². The van der Waals surface area contributed by atoms with E-state index in [1.165, 1.54) is 25.6 Å². The van der Waals surface area contributed by atoms with Crippen LogP contribution in [-0.2, 0) is 9.59 Å². The lowest BCUT2D eigenvalue weighted by atomic mass is 9.90. The number of hydrogen-bond acceptors (Lipinski definition) is 5. The van der Waals surface area contributed by atoms with Crippen molar-refractivity contribution in [3.05, 3.63) is 0 Å². The second-order valence-electron chi connectivity index (χ2n) is 5.55. The fourth-order valence-corrected chi connectivity index (χ4v) is 3.88. The maximum atomic E-state index is 11.3. The van der Waals surface area contributed by atoms with Crippen LogP contribution in [-0.4, -0.2) is 49.0 Å². The normalized spacial score (nSPS) is 28.9. The van der Waals surface area contributed by atoms with Gasteiger partial charge in [0.2, 0.25) is 0 Å². The van der Waals surface area contributed by atoms with Gasteiger partial charge in [-0.2, -0.15) is 0 Å². The smallest absolute Gasteiger partial charge is 0.322 e. The van der Waals surface area contributed by atoms with Gasteiger partial charge in [0.1, 0.15) is 12.0 Å². The van der Waals surface area contributed by atoms with Gasteiger partial charge in [-0.15, -0.1) is 11.8 Å². The average molecular weight is 277 g/mol. The van der Waals surface area contributed by atoms with Gasteiger partial charge in [0.25, 0.3) is 0 Å². The molecule has 1 heterocycles. The quantitative estimate of drug-likeness (QED) is 0.587. The molecule has 0 spiro atoms. The van der Waals surface area contributed by atoms with E-state index < -0.39 is 39.6 Å². The highest BCUT2D eigenvalue weighted by atomic mass is 32.2. The molecule has 104 valence electrons. The third-order valence-electron chi connectivity index (χ3n) is 3.03. The summed E-state index contributed by atoms with van der Waals surface area (Å²) in [6, 6.07) is -0.836. The summed E-state index contributed by atoms with van der Waals surface area (Å²) in [7, 11) is 0. The molecule has 0 radical (unpaired) electrons. The topological polar surface area (TPSA) is 107 Å². The van der Waals surface area contributed by atoms with Crippen LogP contribution in [0.4, 0.5) is 0 Å². The molecule has 4 N–H and O–H groups in total. The monoisotopic (exact) mass is 277 g/mol. The molecule has 7 heteroatoms. The van der Waals surface area contributed by atoms with Crippen molar-refractivity contribution in [2.75, 3.05) is 0 Å². The minimum atomic E-state index is -1.43. The molecule has 1 aliphatic heterocycles. The Labute approximate surface area is 110 Å². The van der Waals surface area contributed by atoms with Crippen LogP contribution in [0.25, 0.3) is 0 Å². The van der Waals surface area contributed by atoms with E-state index in [1.54, 1.807) is 13.8 Å². The zero-order valence-corrected chi connectivity index (χ0v) is 11.6. The van der Waals surface area contributed by atoms with Crippen molar-refractivity contribution in [2.45, 2.75) is 49.5 Å². The van der Waals surface area contributed by atoms with Gasteiger partial charge < -0.3 is 15.3 Å². The first-order valence-corrected chi connectivity index (χ1v) is 6.46. The van der Waals surface area contributed by atoms with E-state index >= 15 is 0 Å². The van der Waals surface area contributed by atoms with Gasteiger partial charge in [-0.25, -0.2) is 0 Å². The number of carbonyl (C=O) groups is 2. The van der Waals surface area contributed by atoms with E-state index in [9.17, 15) is 19.8 Å². The fraction of sp³-hybridized carbons (Fsp3) is 0.818. The predicted molar refractivity (Wildman–Crippen MR) is 67.4 cm³/mol. The molecular formula is C11H19NO5S. The van der Waals surface area contributed by atoms with Crippen LogP contribution < -0.4 is 5.32 Å². The Morgan fingerprint density at radius 2 is 1.83 bits per heavy atom. The Bertz CT molecular complexity index is 363. The Kier molecular flexibility index (Phi) is 4.00. The van der Waals surface area contributed by atoms with E-state index in [-0.39, 0.29) is 0 Å². The summed E-state index contributed by atoms with van der Waals surface area (Å²) in [6.45, 7) is 6.31. The molecule has 1 fully saturated rings. The van der Waals surface area contributed by atoms with Crippen molar-refractivity contribution in [3.8, 4) is 0 Å². The van der Waals surface area contributed by atoms with E-state index in [2.05, 4.69) is 5.32 Å². The predicted octanol–water partition coefficient (Wildman–Crippen LogP) is 0.352. The number of aliphatic hydroxyl groups is 1. The fourth-order valence-electron chi connectivity index (χ4n) is 2.13. The summed E-state index contributed by atoms with van der Waals surface area (Å²) in [5.74, 6) is -3.24. The molecule has 6 nitrogen and oxygen atoms in total. The molecule has 1 rings (SSSR count). The van der Waals surface area contributed by atoms with Gasteiger partial charge in [-0.05, 0) is 27.7 Å². The number of carboxylic acids is 2. The Balaban J connectivity index is 2.99. The SMILES string of the molecule is CC(C)(O)[C@@H](C(=O)O)[C@@H]1N[C@@H](C(=O)O)C(C)(C)S1. The maximum absolute atomic E-state index is 11.3. The molecule has 1 saturated heterocycles. The standard InChI is InChI=1S/C11H19NO5S/c1-10(2,17)5(8(13)14)7-12-6(9(15)16)11(3,4)18-7/h5-7,12,17H,1-4H3,(H,13,14)(H,15,16)/t5-,6+,7-/m1/s1. The van der Waals surface area contributed by atoms with Gasteiger partial charge >= 0.3 is 11.9 Å². The molecule has 3 atom stereocenters. The Morgan fingerprint density at radius 3 is 2.11 bits per heavy atom. The van der Waals surface area contributed by atoms with Gasteiger partial charge in [0.15, 0.2) is 0 Å². The summed E-state index contributed by atoms with van der Waals surface area (Å²) in [5.41, 5.74) is -1.43. The molecule has 0 aromatic heterocycles. The molecule has 18 heavy (non-hydrogen) atoms. The number of rotatable bonds is 4. The lowest BCUT2D eigenvalue weighted by Crippen LogP contribution is -2.51. The zero-order chi connectivity index (χ0) is 14.3. The first kappa shape index (κ1) is 15.3. The average Bonchev–Trinajstić information content (AvgIpc) is 2.37. The summed E-state index contributed by atoms with van der Waals surface area (Å²) in [6.07, 6.45) is 0. The van der Waals surface area contributed by atoms with Crippen LogP contribution in [0.15, 0.2) is 0 Å². The highest BCUT2D eigenvalue weighted by Crippen LogP contribution is 2.43. The molecule has 0 amide bonds. The Morgan fingerprint density at radius 1 is 1.33 bits per heavy atom. The van der Waals surface area contributed by atoms with E-state index in [0.29, 0.717) is 0 Å². The van der Waals surface area contributed by atoms with Crippen molar-refractivity contribution in [1.82, 2.24) is 5.32 Å². The lowest BCUT2D eigenvalue weighted by Gasteiger charge is -2.30. The first-order valence-electron chi connectivity index (χ1n) is 5.58. The van der Waals surface area contributed by atoms with Crippen LogP contribution in [0.1, 0.15) is 27.7 Å². The van der Waals surface area contributed by atoms with Crippen LogP contribution in [0.5, 0.6) is 0 Å². The first-order chi connectivity index (χ1) is 7.97. The summed E-state index contributed by atoms with van der Waals surface area (Å²) in [5, 5.41) is 30.4. The molecule has 0 aliphatic carbocycles. The van der Waals surface area contributed by atoms with Crippen molar-refractivity contribution in [3.63, 3.8) is 0 Å². The van der Waals surface area contributed by atoms with E-state index in [1.807, 2.05) is 0 Å². The number of carboxylic acid groups (broad SMARTS) is 2. The molecule has 0 unspecified atom stereocenters. The van der Waals surface area contributed by atoms with Crippen molar-refractivity contribution in [1.29, 1.82) is 0 Å². The molecule has 0 bridgehead atoms. The number of thioether (sulfide) groups is 1. The molecule has 1 aliphatic rings. The van der Waals surface area contributed by atoms with Crippen LogP contribution in [0.3, 0.4) is 0 Å². The highest BCUT2D eigenvalue weighted by Gasteiger charge is 2.52. The molecule has 0 aromatic rings. The maximum Gasteiger partial charge on any atom is 0.322 e. The van der Waals surface area contributed by atoms with Gasteiger partial charge in [-0.1, -0.05) is 0 Å². The molecule has 0 aromatic carbocycles. The van der Waals surface area contributed by atoms with E-state index in [4.69, 9.17) is 5.11 Å². The molecular weight excluding hydrogens is 258 g/mol. The minimum Gasteiger partial charge on any atom is -0.481 e. The summed E-state index contributed by atoms with van der Waals surface area (Å²) < 4.78 is -0.630. The third-order valence-corrected chi connectivity index (χ3v) is 4.54. The van der Waals surface area contributed by atoms with Crippen LogP contribution in [0, 0.1) is 5.92 Å². The van der Waals surface area contributed by atoms with Gasteiger partial charge in [-0.3, -0.25) is 14.9 Å².